The predicted molar refractivity (Wildman–Crippen MR) is 81.8 cm³/mol. The zero-order valence-electron chi connectivity index (χ0n) is 11.3. The third-order valence-electron chi connectivity index (χ3n) is 2.90. The Kier molecular flexibility index (Phi) is 5.60. The number of aliphatic carboxylic acids is 1. The van der Waals surface area contributed by atoms with Gasteiger partial charge < -0.3 is 9.84 Å². The van der Waals surface area contributed by atoms with Gasteiger partial charge in [0.1, 0.15) is 18.4 Å². The predicted octanol–water partition coefficient (Wildman–Crippen LogP) is 3.13. The van der Waals surface area contributed by atoms with E-state index in [0.717, 1.165) is 0 Å². The van der Waals surface area contributed by atoms with Crippen molar-refractivity contribution in [1.82, 2.24) is 5.32 Å². The summed E-state index contributed by atoms with van der Waals surface area (Å²) in [6.45, 7) is 0.773. The first-order valence-corrected chi connectivity index (χ1v) is 6.94. The number of ether oxygens (including phenoxy) is 1. The zero-order chi connectivity index (χ0) is 15.1. The van der Waals surface area contributed by atoms with Gasteiger partial charge in [-0.25, -0.2) is 0 Å². The van der Waals surface area contributed by atoms with Crippen molar-refractivity contribution in [3.05, 3.63) is 65.2 Å². The van der Waals surface area contributed by atoms with Crippen LogP contribution in [-0.4, -0.2) is 24.2 Å². The lowest BCUT2D eigenvalue weighted by Crippen LogP contribution is -2.31. The van der Waals surface area contributed by atoms with Crippen molar-refractivity contribution in [2.24, 2.45) is 0 Å². The summed E-state index contributed by atoms with van der Waals surface area (Å²) < 4.78 is 5.51. The third-order valence-corrected chi connectivity index (χ3v) is 3.13. The molecular formula is C16H16ClNO3. The fourth-order valence-corrected chi connectivity index (χ4v) is 2.10. The van der Waals surface area contributed by atoms with Crippen LogP contribution in [0.4, 0.5) is 0 Å². The molecule has 2 aromatic carbocycles. The molecule has 110 valence electrons. The number of carbonyl (C=O) groups is 1. The third kappa shape index (κ3) is 4.77. The van der Waals surface area contributed by atoms with Gasteiger partial charge in [-0.2, -0.15) is 0 Å². The summed E-state index contributed by atoms with van der Waals surface area (Å²) in [4.78, 5) is 11.3. The molecule has 4 nitrogen and oxygen atoms in total. The van der Waals surface area contributed by atoms with Gasteiger partial charge in [0.15, 0.2) is 0 Å². The summed E-state index contributed by atoms with van der Waals surface area (Å²) in [5.41, 5.74) is 0.716. The van der Waals surface area contributed by atoms with Crippen LogP contribution in [0.3, 0.4) is 0 Å². The second-order valence-corrected chi connectivity index (χ2v) is 4.88. The lowest BCUT2D eigenvalue weighted by molar-refractivity contribution is -0.139. The van der Waals surface area contributed by atoms with E-state index in [-0.39, 0.29) is 0 Å². The molecule has 0 aliphatic rings. The van der Waals surface area contributed by atoms with Crippen molar-refractivity contribution in [1.29, 1.82) is 0 Å². The molecule has 0 saturated carbocycles. The highest BCUT2D eigenvalue weighted by Crippen LogP contribution is 2.17. The van der Waals surface area contributed by atoms with E-state index < -0.39 is 12.0 Å². The van der Waals surface area contributed by atoms with Gasteiger partial charge in [-0.1, -0.05) is 48.0 Å². The van der Waals surface area contributed by atoms with Crippen molar-refractivity contribution >= 4 is 17.6 Å². The van der Waals surface area contributed by atoms with Crippen LogP contribution in [0.5, 0.6) is 5.75 Å². The molecule has 2 N–H and O–H groups in total. The standard InChI is InChI=1S/C16H16ClNO3/c17-13-7-4-8-14(11-13)21-10-9-18-15(16(19)20)12-5-2-1-3-6-12/h1-8,11,15,18H,9-10H2,(H,19,20). The number of hydrogen-bond donors (Lipinski definition) is 2. The highest BCUT2D eigenvalue weighted by molar-refractivity contribution is 6.30. The Morgan fingerprint density at radius 3 is 2.62 bits per heavy atom. The van der Waals surface area contributed by atoms with Crippen molar-refractivity contribution in [3.63, 3.8) is 0 Å². The smallest absolute Gasteiger partial charge is 0.325 e. The molecule has 5 heteroatoms. The number of nitrogens with one attached hydrogen (secondary N) is 1. The van der Waals surface area contributed by atoms with Gasteiger partial charge in [0.25, 0.3) is 0 Å². The first-order chi connectivity index (χ1) is 10.2. The molecule has 0 aliphatic heterocycles. The number of benzene rings is 2. The van der Waals surface area contributed by atoms with Crippen LogP contribution in [0.1, 0.15) is 11.6 Å². The molecule has 1 unspecified atom stereocenters. The molecular weight excluding hydrogens is 290 g/mol. The average Bonchev–Trinajstić information content (AvgIpc) is 2.48. The van der Waals surface area contributed by atoms with Crippen LogP contribution in [-0.2, 0) is 4.79 Å². The molecule has 0 aromatic heterocycles. The summed E-state index contributed by atoms with van der Waals surface area (Å²) in [6.07, 6.45) is 0. The summed E-state index contributed by atoms with van der Waals surface area (Å²) in [5, 5.41) is 12.8. The maximum Gasteiger partial charge on any atom is 0.325 e. The average molecular weight is 306 g/mol. The minimum atomic E-state index is -0.913. The van der Waals surface area contributed by atoms with E-state index in [1.54, 1.807) is 36.4 Å². The zero-order valence-corrected chi connectivity index (χ0v) is 12.1. The lowest BCUT2D eigenvalue weighted by Gasteiger charge is -2.15. The molecule has 0 bridgehead atoms. The van der Waals surface area contributed by atoms with Gasteiger partial charge in [-0.15, -0.1) is 0 Å². The Hall–Kier alpha value is -2.04. The van der Waals surface area contributed by atoms with Crippen LogP contribution in [0.15, 0.2) is 54.6 Å². The second-order valence-electron chi connectivity index (χ2n) is 4.44. The van der Waals surface area contributed by atoms with Gasteiger partial charge in [0.05, 0.1) is 0 Å². The lowest BCUT2D eigenvalue weighted by atomic mass is 10.1. The van der Waals surface area contributed by atoms with Crippen LogP contribution in [0.2, 0.25) is 5.02 Å². The molecule has 0 radical (unpaired) electrons. The van der Waals surface area contributed by atoms with Crippen LogP contribution in [0.25, 0.3) is 0 Å². The van der Waals surface area contributed by atoms with Crippen LogP contribution in [0, 0.1) is 0 Å². The monoisotopic (exact) mass is 305 g/mol. The highest BCUT2D eigenvalue weighted by atomic mass is 35.5. The maximum absolute atomic E-state index is 11.3. The second kappa shape index (κ2) is 7.67. The van der Waals surface area contributed by atoms with Gasteiger partial charge in [-0.05, 0) is 23.8 Å². The highest BCUT2D eigenvalue weighted by Gasteiger charge is 2.18. The minimum absolute atomic E-state index is 0.358. The SMILES string of the molecule is O=C(O)C(NCCOc1cccc(Cl)c1)c1ccccc1. The minimum Gasteiger partial charge on any atom is -0.492 e. The molecule has 0 aliphatic carbocycles. The fraction of sp³-hybridized carbons (Fsp3) is 0.188. The van der Waals surface area contributed by atoms with E-state index in [0.29, 0.717) is 29.5 Å². The van der Waals surface area contributed by atoms with Gasteiger partial charge in [0, 0.05) is 11.6 Å². The molecule has 0 amide bonds. The van der Waals surface area contributed by atoms with Gasteiger partial charge in [0.2, 0.25) is 0 Å². The molecule has 0 fully saturated rings. The summed E-state index contributed by atoms with van der Waals surface area (Å²) in [7, 11) is 0. The number of carboxylic acids is 1. The molecule has 0 spiro atoms. The van der Waals surface area contributed by atoms with Crippen molar-refractivity contribution < 1.29 is 14.6 Å². The van der Waals surface area contributed by atoms with Crippen molar-refractivity contribution in [3.8, 4) is 5.75 Å². The first kappa shape index (κ1) is 15.4. The van der Waals surface area contributed by atoms with Crippen molar-refractivity contribution in [2.45, 2.75) is 6.04 Å². The molecule has 1 atom stereocenters. The Balaban J connectivity index is 1.85. The molecule has 0 saturated heterocycles. The van der Waals surface area contributed by atoms with Crippen LogP contribution >= 0.6 is 11.6 Å². The van der Waals surface area contributed by atoms with E-state index in [1.165, 1.54) is 0 Å². The summed E-state index contributed by atoms with van der Waals surface area (Å²) in [6, 6.07) is 15.4. The summed E-state index contributed by atoms with van der Waals surface area (Å²) in [5.74, 6) is -0.250. The Bertz CT molecular complexity index is 589. The molecule has 0 heterocycles. The number of rotatable bonds is 7. The van der Waals surface area contributed by atoms with Crippen molar-refractivity contribution in [2.75, 3.05) is 13.2 Å². The van der Waals surface area contributed by atoms with E-state index in [2.05, 4.69) is 5.32 Å². The number of hydrogen-bond acceptors (Lipinski definition) is 3. The first-order valence-electron chi connectivity index (χ1n) is 6.56. The van der Waals surface area contributed by atoms with E-state index >= 15 is 0 Å². The topological polar surface area (TPSA) is 58.6 Å². The largest absolute Gasteiger partial charge is 0.492 e. The Morgan fingerprint density at radius 1 is 1.19 bits per heavy atom. The number of halogens is 1. The Labute approximate surface area is 128 Å². The van der Waals surface area contributed by atoms with Gasteiger partial charge in [-0.3, -0.25) is 10.1 Å². The van der Waals surface area contributed by atoms with E-state index in [4.69, 9.17) is 16.3 Å². The molecule has 2 aromatic rings. The fourth-order valence-electron chi connectivity index (χ4n) is 1.92. The van der Waals surface area contributed by atoms with Gasteiger partial charge >= 0.3 is 5.97 Å². The maximum atomic E-state index is 11.3. The van der Waals surface area contributed by atoms with E-state index in [1.807, 2.05) is 18.2 Å². The van der Waals surface area contributed by atoms with E-state index in [9.17, 15) is 9.90 Å². The Morgan fingerprint density at radius 2 is 1.95 bits per heavy atom. The van der Waals surface area contributed by atoms with Crippen LogP contribution < -0.4 is 10.1 Å². The molecule has 2 rings (SSSR count). The molecule has 21 heavy (non-hydrogen) atoms. The normalized spacial score (nSPS) is 11.9. The number of carboxylic acid groups (broad SMARTS) is 1. The quantitative estimate of drug-likeness (QED) is 0.772. The summed E-state index contributed by atoms with van der Waals surface area (Å²) >= 11 is 5.86.